The van der Waals surface area contributed by atoms with E-state index < -0.39 is 4.92 Å². The van der Waals surface area contributed by atoms with E-state index in [0.717, 1.165) is 4.88 Å². The zero-order valence-electron chi connectivity index (χ0n) is 17.3. The highest BCUT2D eigenvalue weighted by Gasteiger charge is 2.29. The van der Waals surface area contributed by atoms with Crippen molar-refractivity contribution in [1.29, 1.82) is 0 Å². The number of benzene rings is 2. The number of ketones is 2. The number of nitro benzene ring substituents is 1. The molecule has 0 saturated carbocycles. The maximum absolute atomic E-state index is 12.7. The van der Waals surface area contributed by atoms with E-state index in [1.54, 1.807) is 18.2 Å². The Bertz CT molecular complexity index is 1150. The molecule has 2 heterocycles. The molecule has 0 N–H and O–H groups in total. The number of allylic oxidation sites excluding steroid dienone is 1. The fourth-order valence-corrected chi connectivity index (χ4v) is 4.57. The van der Waals surface area contributed by atoms with Gasteiger partial charge in [0, 0.05) is 41.1 Å². The molecular formula is C25H22N2O4S. The number of hydrogen-bond acceptors (Lipinski definition) is 6. The molecule has 3 aromatic rings. The summed E-state index contributed by atoms with van der Waals surface area (Å²) in [5.74, 6) is -0.241. The summed E-state index contributed by atoms with van der Waals surface area (Å²) in [6.45, 7) is 1.10. The van der Waals surface area contributed by atoms with Gasteiger partial charge in [-0.15, -0.1) is 11.3 Å². The second-order valence-electron chi connectivity index (χ2n) is 7.67. The van der Waals surface area contributed by atoms with Crippen LogP contribution in [0.15, 0.2) is 72.1 Å². The summed E-state index contributed by atoms with van der Waals surface area (Å²) in [6.07, 6.45) is 4.41. The highest BCUT2D eigenvalue weighted by atomic mass is 32.1. The van der Waals surface area contributed by atoms with Crippen LogP contribution >= 0.6 is 11.3 Å². The lowest BCUT2D eigenvalue weighted by atomic mass is 9.88. The molecule has 0 unspecified atom stereocenters. The quantitative estimate of drug-likeness (QED) is 0.203. The largest absolute Gasteiger partial charge is 0.366 e. The van der Waals surface area contributed by atoms with E-state index in [2.05, 4.69) is 0 Å². The lowest BCUT2D eigenvalue weighted by Gasteiger charge is -2.32. The Morgan fingerprint density at radius 2 is 1.75 bits per heavy atom. The minimum absolute atomic E-state index is 0.0871. The van der Waals surface area contributed by atoms with Crippen molar-refractivity contribution >= 4 is 40.4 Å². The van der Waals surface area contributed by atoms with Crippen LogP contribution in [-0.4, -0.2) is 29.6 Å². The molecule has 4 rings (SSSR count). The lowest BCUT2D eigenvalue weighted by molar-refractivity contribution is -0.384. The lowest BCUT2D eigenvalue weighted by Crippen LogP contribution is -2.36. The second-order valence-corrected chi connectivity index (χ2v) is 8.64. The van der Waals surface area contributed by atoms with Crippen molar-refractivity contribution in [2.45, 2.75) is 12.8 Å². The molecule has 1 aromatic heterocycles. The first-order chi connectivity index (χ1) is 15.5. The molecule has 162 valence electrons. The normalized spacial score (nSPS) is 14.6. The van der Waals surface area contributed by atoms with Gasteiger partial charge in [0.15, 0.2) is 11.6 Å². The van der Waals surface area contributed by atoms with Crippen LogP contribution < -0.4 is 4.90 Å². The van der Waals surface area contributed by atoms with Crippen molar-refractivity contribution in [3.8, 4) is 0 Å². The van der Waals surface area contributed by atoms with Gasteiger partial charge in [0.2, 0.25) is 0 Å². The van der Waals surface area contributed by atoms with E-state index in [1.807, 2.05) is 52.7 Å². The Morgan fingerprint density at radius 3 is 2.41 bits per heavy atom. The number of carbonyl (C=O) groups is 2. The molecule has 7 heteroatoms. The average molecular weight is 447 g/mol. The zero-order valence-corrected chi connectivity index (χ0v) is 18.2. The minimum Gasteiger partial charge on any atom is -0.366 e. The van der Waals surface area contributed by atoms with E-state index >= 15 is 0 Å². The number of Topliss-reactive ketones (excluding diaryl/α,β-unsaturated/α-hetero) is 1. The predicted molar refractivity (Wildman–Crippen MR) is 126 cm³/mol. The number of nitrogens with zero attached hydrogens (tertiary/aromatic N) is 2. The third kappa shape index (κ3) is 4.84. The van der Waals surface area contributed by atoms with Crippen LogP contribution in [0.2, 0.25) is 0 Å². The van der Waals surface area contributed by atoms with Crippen LogP contribution in [-0.2, 0) is 0 Å². The summed E-state index contributed by atoms with van der Waals surface area (Å²) in [4.78, 5) is 39.4. The topological polar surface area (TPSA) is 80.5 Å². The number of rotatable bonds is 7. The van der Waals surface area contributed by atoms with Gasteiger partial charge in [-0.3, -0.25) is 19.7 Å². The molecule has 1 fully saturated rings. The van der Waals surface area contributed by atoms with Crippen molar-refractivity contribution < 1.29 is 14.5 Å². The smallest absolute Gasteiger partial charge is 0.293 e. The number of hydrogen-bond donors (Lipinski definition) is 0. The van der Waals surface area contributed by atoms with Gasteiger partial charge in [0.05, 0.1) is 4.92 Å². The first kappa shape index (κ1) is 21.6. The molecule has 0 atom stereocenters. The Balaban J connectivity index is 1.47. The fourth-order valence-electron chi connectivity index (χ4n) is 3.95. The Morgan fingerprint density at radius 1 is 1.00 bits per heavy atom. The van der Waals surface area contributed by atoms with Crippen LogP contribution in [0, 0.1) is 16.0 Å². The Kier molecular flexibility index (Phi) is 6.56. The van der Waals surface area contributed by atoms with E-state index in [-0.39, 0.29) is 28.7 Å². The van der Waals surface area contributed by atoms with E-state index in [4.69, 9.17) is 0 Å². The molecule has 0 radical (unpaired) electrons. The third-order valence-electron chi connectivity index (χ3n) is 5.66. The number of carbonyl (C=O) groups excluding carboxylic acids is 2. The fraction of sp³-hybridized carbons (Fsp3) is 0.200. The van der Waals surface area contributed by atoms with Crippen LogP contribution in [0.4, 0.5) is 11.4 Å². The molecule has 1 saturated heterocycles. The number of piperidine rings is 1. The van der Waals surface area contributed by atoms with Crippen LogP contribution in [0.25, 0.3) is 6.08 Å². The third-order valence-corrected chi connectivity index (χ3v) is 6.50. The van der Waals surface area contributed by atoms with Gasteiger partial charge in [-0.25, -0.2) is 0 Å². The van der Waals surface area contributed by atoms with Gasteiger partial charge in [0.1, 0.15) is 5.69 Å². The van der Waals surface area contributed by atoms with Crippen LogP contribution in [0.3, 0.4) is 0 Å². The first-order valence-corrected chi connectivity index (χ1v) is 11.3. The number of anilines is 1. The molecule has 6 nitrogen and oxygen atoms in total. The molecule has 0 aliphatic carbocycles. The van der Waals surface area contributed by atoms with Gasteiger partial charge in [-0.2, -0.15) is 0 Å². The average Bonchev–Trinajstić information content (AvgIpc) is 3.36. The summed E-state index contributed by atoms with van der Waals surface area (Å²) in [5.41, 5.74) is 1.38. The molecule has 1 aliphatic rings. The van der Waals surface area contributed by atoms with Gasteiger partial charge < -0.3 is 4.90 Å². The zero-order chi connectivity index (χ0) is 22.5. The first-order valence-electron chi connectivity index (χ1n) is 10.4. The second kappa shape index (κ2) is 9.70. The summed E-state index contributed by atoms with van der Waals surface area (Å²) < 4.78 is 0. The summed E-state index contributed by atoms with van der Waals surface area (Å²) in [6, 6.07) is 17.6. The standard InChI is InChI=1S/C25H22N2O4S/c28-24(11-9-21-7-4-16-32-21)20-8-10-22(23(17-20)27(30)31)26-14-12-19(13-15-26)25(29)18-5-2-1-3-6-18/h1-11,16-17,19H,12-15H2. The highest BCUT2D eigenvalue weighted by molar-refractivity contribution is 7.10. The molecule has 32 heavy (non-hydrogen) atoms. The SMILES string of the molecule is O=C(C=Cc1cccs1)c1ccc(N2CCC(C(=O)c3ccccc3)CC2)c([N+](=O)[O-])c1. The van der Waals surface area contributed by atoms with Crippen LogP contribution in [0.5, 0.6) is 0 Å². The van der Waals surface area contributed by atoms with E-state index in [1.165, 1.54) is 23.5 Å². The number of nitro groups is 1. The molecule has 0 bridgehead atoms. The summed E-state index contributed by atoms with van der Waals surface area (Å²) in [7, 11) is 0. The van der Waals surface area contributed by atoms with Gasteiger partial charge >= 0.3 is 0 Å². The monoisotopic (exact) mass is 446 g/mol. The van der Waals surface area contributed by atoms with Gasteiger partial charge in [0.25, 0.3) is 5.69 Å². The Hall–Kier alpha value is -3.58. The molecule has 0 spiro atoms. The van der Waals surface area contributed by atoms with Crippen LogP contribution in [0.1, 0.15) is 38.4 Å². The molecule has 1 aliphatic heterocycles. The molecule has 2 aromatic carbocycles. The highest BCUT2D eigenvalue weighted by Crippen LogP contribution is 2.33. The predicted octanol–water partition coefficient (Wildman–Crippen LogP) is 5.65. The number of thiophene rings is 1. The van der Waals surface area contributed by atoms with E-state index in [0.29, 0.717) is 37.2 Å². The summed E-state index contributed by atoms with van der Waals surface area (Å²) in [5, 5.41) is 13.7. The van der Waals surface area contributed by atoms with Gasteiger partial charge in [-0.05, 0) is 48.6 Å². The van der Waals surface area contributed by atoms with E-state index in [9.17, 15) is 19.7 Å². The minimum atomic E-state index is -0.448. The van der Waals surface area contributed by atoms with Crippen molar-refractivity contribution in [1.82, 2.24) is 0 Å². The van der Waals surface area contributed by atoms with Crippen molar-refractivity contribution in [3.63, 3.8) is 0 Å². The van der Waals surface area contributed by atoms with Crippen molar-refractivity contribution in [2.75, 3.05) is 18.0 Å². The Labute approximate surface area is 190 Å². The summed E-state index contributed by atoms with van der Waals surface area (Å²) >= 11 is 1.51. The van der Waals surface area contributed by atoms with Crippen molar-refractivity contribution in [2.24, 2.45) is 5.92 Å². The molecular weight excluding hydrogens is 424 g/mol. The maximum atomic E-state index is 12.7. The van der Waals surface area contributed by atoms with Gasteiger partial charge in [-0.1, -0.05) is 36.4 Å². The maximum Gasteiger partial charge on any atom is 0.293 e. The molecule has 0 amide bonds. The van der Waals surface area contributed by atoms with Crippen molar-refractivity contribution in [3.05, 3.63) is 98.2 Å².